The van der Waals surface area contributed by atoms with Gasteiger partial charge < -0.3 is 27.9 Å². The van der Waals surface area contributed by atoms with E-state index in [-0.39, 0.29) is 32.0 Å². The minimum absolute atomic E-state index is 0.0299. The number of allylic oxidation sites excluding steroid dienone is 2. The molecule has 0 spiro atoms. The zero-order chi connectivity index (χ0) is 34.4. The van der Waals surface area contributed by atoms with Crippen LogP contribution in [0.15, 0.2) is 12.2 Å². The summed E-state index contributed by atoms with van der Waals surface area (Å²) in [5.41, 5.74) is 0. The first-order valence-electron chi connectivity index (χ1n) is 18.4. The quantitative estimate of drug-likeness (QED) is 0.0223. The molecule has 0 heterocycles. The van der Waals surface area contributed by atoms with Gasteiger partial charge in [-0.15, -0.1) is 0 Å². The molecule has 272 valence electrons. The van der Waals surface area contributed by atoms with Crippen LogP contribution in [0, 0.1) is 0 Å². The van der Waals surface area contributed by atoms with Crippen LogP contribution in [0.5, 0.6) is 0 Å². The molecule has 0 saturated carbocycles. The number of ether oxygens (including phenoxy) is 2. The molecule has 10 heteroatoms. The minimum Gasteiger partial charge on any atom is -0.756 e. The van der Waals surface area contributed by atoms with Crippen molar-refractivity contribution >= 4 is 19.8 Å². The van der Waals surface area contributed by atoms with Crippen LogP contribution in [0.25, 0.3) is 0 Å². The molecule has 0 amide bonds. The summed E-state index contributed by atoms with van der Waals surface area (Å²) >= 11 is 0. The highest BCUT2D eigenvalue weighted by Gasteiger charge is 2.21. The lowest BCUT2D eigenvalue weighted by molar-refractivity contribution is -0.870. The molecule has 0 radical (unpaired) electrons. The molecule has 0 aliphatic rings. The molecule has 0 aliphatic heterocycles. The van der Waals surface area contributed by atoms with Gasteiger partial charge in [-0.1, -0.05) is 122 Å². The summed E-state index contributed by atoms with van der Waals surface area (Å²) in [5, 5.41) is 0. The van der Waals surface area contributed by atoms with Crippen LogP contribution < -0.4 is 4.89 Å². The summed E-state index contributed by atoms with van der Waals surface area (Å²) in [6.45, 7) is 4.15. The monoisotopic (exact) mass is 675 g/mol. The van der Waals surface area contributed by atoms with Crippen molar-refractivity contribution in [3.05, 3.63) is 12.2 Å². The molecular weight excluding hydrogens is 605 g/mol. The van der Waals surface area contributed by atoms with Crippen molar-refractivity contribution in [2.45, 2.75) is 161 Å². The molecule has 1 unspecified atom stereocenters. The van der Waals surface area contributed by atoms with Crippen LogP contribution >= 0.6 is 7.82 Å². The highest BCUT2D eigenvalue weighted by molar-refractivity contribution is 7.45. The van der Waals surface area contributed by atoms with Gasteiger partial charge in [-0.25, -0.2) is 0 Å². The third kappa shape index (κ3) is 32.7. The zero-order valence-electron chi connectivity index (χ0n) is 30.3. The Bertz CT molecular complexity index is 814. The van der Waals surface area contributed by atoms with Gasteiger partial charge in [0.25, 0.3) is 7.82 Å². The lowest BCUT2D eigenvalue weighted by Gasteiger charge is -2.28. The molecule has 2 atom stereocenters. The lowest BCUT2D eigenvalue weighted by Crippen LogP contribution is -2.37. The number of hydrogen-bond acceptors (Lipinski definition) is 8. The predicted molar refractivity (Wildman–Crippen MR) is 185 cm³/mol. The molecule has 0 aliphatic carbocycles. The SMILES string of the molecule is CCCC/C=C\CCCCCCCC(=O)O[C@H](COC(=O)CCCCCCCCCCCCC)COP(=O)([O-])OCC[N+](C)(C)C. The van der Waals surface area contributed by atoms with E-state index in [1.165, 1.54) is 64.2 Å². The second-order valence-corrected chi connectivity index (χ2v) is 15.0. The summed E-state index contributed by atoms with van der Waals surface area (Å²) in [6, 6.07) is 0. The van der Waals surface area contributed by atoms with Gasteiger partial charge in [0.2, 0.25) is 0 Å². The largest absolute Gasteiger partial charge is 0.756 e. The second-order valence-electron chi connectivity index (χ2n) is 13.6. The zero-order valence-corrected chi connectivity index (χ0v) is 31.2. The summed E-state index contributed by atoms with van der Waals surface area (Å²) in [6.07, 6.45) is 26.7. The van der Waals surface area contributed by atoms with E-state index in [2.05, 4.69) is 26.0 Å². The molecule has 0 N–H and O–H groups in total. The highest BCUT2D eigenvalue weighted by Crippen LogP contribution is 2.38. The van der Waals surface area contributed by atoms with E-state index < -0.39 is 26.5 Å². The Kier molecular flexibility index (Phi) is 29.0. The maximum Gasteiger partial charge on any atom is 0.306 e. The summed E-state index contributed by atoms with van der Waals surface area (Å²) in [7, 11) is 1.16. The molecule has 9 nitrogen and oxygen atoms in total. The predicted octanol–water partition coefficient (Wildman–Crippen LogP) is 8.83. The van der Waals surface area contributed by atoms with Crippen LogP contribution in [-0.2, 0) is 32.7 Å². The number of quaternary nitrogens is 1. The average molecular weight is 676 g/mol. The van der Waals surface area contributed by atoms with Crippen LogP contribution in [0.1, 0.15) is 155 Å². The molecule has 0 aromatic heterocycles. The molecule has 46 heavy (non-hydrogen) atoms. The molecule has 0 bridgehead atoms. The fourth-order valence-corrected chi connectivity index (χ4v) is 5.54. The molecular formula is C36H70NO8P. The second kappa shape index (κ2) is 29.9. The van der Waals surface area contributed by atoms with Gasteiger partial charge >= 0.3 is 11.9 Å². The third-order valence-electron chi connectivity index (χ3n) is 7.79. The average Bonchev–Trinajstić information content (AvgIpc) is 2.99. The molecule has 0 rings (SSSR count). The number of hydrogen-bond donors (Lipinski definition) is 0. The molecule has 0 saturated heterocycles. The van der Waals surface area contributed by atoms with E-state index in [1.807, 2.05) is 21.1 Å². The number of esters is 2. The Labute approximate surface area is 282 Å². The van der Waals surface area contributed by atoms with Crippen LogP contribution in [0.4, 0.5) is 0 Å². The minimum atomic E-state index is -4.61. The van der Waals surface area contributed by atoms with Gasteiger partial charge in [0.1, 0.15) is 19.8 Å². The van der Waals surface area contributed by atoms with Gasteiger partial charge in [0, 0.05) is 12.8 Å². The topological polar surface area (TPSA) is 111 Å². The van der Waals surface area contributed by atoms with Crippen molar-refractivity contribution in [2.24, 2.45) is 0 Å². The Morgan fingerprint density at radius 1 is 0.652 bits per heavy atom. The smallest absolute Gasteiger partial charge is 0.306 e. The van der Waals surface area contributed by atoms with Gasteiger partial charge in [-0.2, -0.15) is 0 Å². The summed E-state index contributed by atoms with van der Waals surface area (Å²) in [5.74, 6) is -0.845. The van der Waals surface area contributed by atoms with Gasteiger partial charge in [-0.05, 0) is 32.1 Å². The van der Waals surface area contributed by atoms with Gasteiger partial charge in [0.05, 0.1) is 27.7 Å². The van der Waals surface area contributed by atoms with E-state index >= 15 is 0 Å². The number of likely N-dealkylation sites (N-methyl/N-ethyl adjacent to an activating group) is 1. The van der Waals surface area contributed by atoms with Crippen molar-refractivity contribution in [2.75, 3.05) is 47.5 Å². The first-order chi connectivity index (χ1) is 22.0. The summed E-state index contributed by atoms with van der Waals surface area (Å²) < 4.78 is 33.6. The van der Waals surface area contributed by atoms with Crippen molar-refractivity contribution < 1.29 is 42.1 Å². The Morgan fingerprint density at radius 3 is 1.67 bits per heavy atom. The van der Waals surface area contributed by atoms with Crippen molar-refractivity contribution in [1.29, 1.82) is 0 Å². The van der Waals surface area contributed by atoms with E-state index in [1.54, 1.807) is 0 Å². The standard InChI is InChI=1S/C36H70NO8P/c1-6-8-10-12-14-16-18-20-22-24-26-28-35(38)42-32-34(33-44-46(40,41)43-31-30-37(3,4)5)45-36(39)29-27-25-23-21-19-17-15-13-11-9-7-2/h13,15,34H,6-12,14,16-33H2,1-5H3/b15-13-/t34-/m1/s1. The number of phosphoric acid groups is 1. The molecule has 0 aromatic carbocycles. The Hall–Kier alpha value is -1.25. The van der Waals surface area contributed by atoms with E-state index in [9.17, 15) is 19.0 Å². The number of rotatable bonds is 33. The van der Waals surface area contributed by atoms with Crippen molar-refractivity contribution in [1.82, 2.24) is 0 Å². The maximum atomic E-state index is 12.5. The Balaban J connectivity index is 4.47. The summed E-state index contributed by atoms with van der Waals surface area (Å²) in [4.78, 5) is 37.2. The van der Waals surface area contributed by atoms with Crippen LogP contribution in [0.3, 0.4) is 0 Å². The molecule has 0 aromatic rings. The number of unbranched alkanes of at least 4 members (excludes halogenated alkanes) is 17. The highest BCUT2D eigenvalue weighted by atomic mass is 31.2. The molecule has 0 fully saturated rings. The van der Waals surface area contributed by atoms with E-state index in [0.717, 1.165) is 57.8 Å². The van der Waals surface area contributed by atoms with Gasteiger partial charge in [0.15, 0.2) is 6.10 Å². The first-order valence-corrected chi connectivity index (χ1v) is 19.9. The lowest BCUT2D eigenvalue weighted by atomic mass is 10.1. The number of carbonyl (C=O) groups excluding carboxylic acids is 2. The number of phosphoric ester groups is 1. The van der Waals surface area contributed by atoms with Crippen molar-refractivity contribution in [3.8, 4) is 0 Å². The van der Waals surface area contributed by atoms with Crippen LogP contribution in [-0.4, -0.2) is 70.0 Å². The van der Waals surface area contributed by atoms with E-state index in [4.69, 9.17) is 18.5 Å². The third-order valence-corrected chi connectivity index (χ3v) is 8.75. The normalized spacial score (nSPS) is 14.0. The fourth-order valence-electron chi connectivity index (χ4n) is 4.81. The van der Waals surface area contributed by atoms with Crippen molar-refractivity contribution in [3.63, 3.8) is 0 Å². The Morgan fingerprint density at radius 2 is 1.13 bits per heavy atom. The van der Waals surface area contributed by atoms with E-state index in [0.29, 0.717) is 17.4 Å². The fraction of sp³-hybridized carbons (Fsp3) is 0.889. The van der Waals surface area contributed by atoms with Gasteiger partial charge in [-0.3, -0.25) is 14.2 Å². The number of carbonyl (C=O) groups is 2. The number of nitrogens with zero attached hydrogens (tertiary/aromatic N) is 1. The first kappa shape index (κ1) is 44.8. The maximum absolute atomic E-state index is 12.5. The van der Waals surface area contributed by atoms with Crippen LogP contribution in [0.2, 0.25) is 0 Å².